The predicted molar refractivity (Wildman–Crippen MR) is 63.4 cm³/mol. The van der Waals surface area contributed by atoms with Crippen molar-refractivity contribution in [2.24, 2.45) is 11.8 Å². The first-order valence-corrected chi connectivity index (χ1v) is 6.06. The van der Waals surface area contributed by atoms with Crippen molar-refractivity contribution in [2.75, 3.05) is 19.6 Å². The lowest BCUT2D eigenvalue weighted by molar-refractivity contribution is 0.322. The minimum atomic E-state index is 0.658. The van der Waals surface area contributed by atoms with Crippen LogP contribution in [0.1, 0.15) is 40.0 Å². The fourth-order valence-corrected chi connectivity index (χ4v) is 2.19. The summed E-state index contributed by atoms with van der Waals surface area (Å²) in [5.41, 5.74) is 1.46. The van der Waals surface area contributed by atoms with Gasteiger partial charge in [-0.05, 0) is 37.8 Å². The van der Waals surface area contributed by atoms with E-state index in [-0.39, 0.29) is 0 Å². The maximum atomic E-state index is 4.22. The summed E-state index contributed by atoms with van der Waals surface area (Å²) in [6.45, 7) is 14.8. The van der Waals surface area contributed by atoms with E-state index in [2.05, 4.69) is 32.3 Å². The van der Waals surface area contributed by atoms with Gasteiger partial charge in [0.15, 0.2) is 0 Å². The van der Waals surface area contributed by atoms with Crippen LogP contribution < -0.4 is 0 Å². The normalized spacial score (nSPS) is 23.3. The minimum absolute atomic E-state index is 0.658. The maximum Gasteiger partial charge on any atom is 0.00475 e. The Labute approximate surface area is 89.2 Å². The Bertz CT molecular complexity index is 184. The summed E-state index contributed by atoms with van der Waals surface area (Å²) >= 11 is 0. The van der Waals surface area contributed by atoms with E-state index >= 15 is 0 Å². The second kappa shape index (κ2) is 5.55. The number of likely N-dealkylation sites (tertiary alicyclic amines) is 1. The highest BCUT2D eigenvalue weighted by atomic mass is 15.1. The van der Waals surface area contributed by atoms with Crippen molar-refractivity contribution in [1.82, 2.24) is 4.90 Å². The van der Waals surface area contributed by atoms with Gasteiger partial charge in [-0.3, -0.25) is 0 Å². The van der Waals surface area contributed by atoms with Crippen LogP contribution in [0.15, 0.2) is 12.2 Å². The fraction of sp³-hybridized carbons (Fsp3) is 0.846. The molecule has 1 rings (SSSR count). The number of unbranched alkanes of at least 4 members (excludes halogenated alkanes) is 1. The second-order valence-electron chi connectivity index (χ2n) is 4.87. The van der Waals surface area contributed by atoms with Crippen LogP contribution >= 0.6 is 0 Å². The van der Waals surface area contributed by atoms with Crippen LogP contribution in [0.4, 0.5) is 0 Å². The third kappa shape index (κ3) is 3.13. The topological polar surface area (TPSA) is 3.24 Å². The Kier molecular flexibility index (Phi) is 4.67. The molecule has 1 atom stereocenters. The number of hydrogen-bond acceptors (Lipinski definition) is 1. The highest BCUT2D eigenvalue weighted by Crippen LogP contribution is 2.27. The zero-order valence-corrected chi connectivity index (χ0v) is 10.1. The molecule has 1 aliphatic heterocycles. The molecule has 0 spiro atoms. The third-order valence-corrected chi connectivity index (χ3v) is 3.37. The summed E-state index contributed by atoms with van der Waals surface area (Å²) in [5.74, 6) is 1.43. The molecule has 82 valence electrons. The van der Waals surface area contributed by atoms with Crippen LogP contribution in [0.3, 0.4) is 0 Å². The smallest absolute Gasteiger partial charge is 0.00475 e. The van der Waals surface area contributed by atoms with Gasteiger partial charge in [-0.25, -0.2) is 0 Å². The molecule has 0 saturated carbocycles. The Hall–Kier alpha value is -0.300. The van der Waals surface area contributed by atoms with Gasteiger partial charge in [0.2, 0.25) is 0 Å². The molecule has 0 radical (unpaired) electrons. The van der Waals surface area contributed by atoms with E-state index in [0.717, 1.165) is 5.92 Å². The molecule has 0 amide bonds. The molecule has 0 aromatic rings. The highest BCUT2D eigenvalue weighted by molar-refractivity contribution is 5.06. The van der Waals surface area contributed by atoms with Crippen LogP contribution in [-0.2, 0) is 0 Å². The highest BCUT2D eigenvalue weighted by Gasteiger charge is 2.24. The Balaban J connectivity index is 2.30. The second-order valence-corrected chi connectivity index (χ2v) is 4.87. The Morgan fingerprint density at radius 3 is 2.79 bits per heavy atom. The molecule has 1 heterocycles. The molecule has 0 bridgehead atoms. The summed E-state index contributed by atoms with van der Waals surface area (Å²) in [5, 5.41) is 0. The van der Waals surface area contributed by atoms with Gasteiger partial charge in [-0.1, -0.05) is 39.3 Å². The van der Waals surface area contributed by atoms with Crippen LogP contribution in [0.5, 0.6) is 0 Å². The molecule has 1 unspecified atom stereocenters. The molecular formula is C13H25N. The van der Waals surface area contributed by atoms with Crippen LogP contribution in [0.2, 0.25) is 0 Å². The van der Waals surface area contributed by atoms with Gasteiger partial charge in [-0.15, -0.1) is 0 Å². The van der Waals surface area contributed by atoms with E-state index in [0.29, 0.717) is 5.92 Å². The monoisotopic (exact) mass is 195 g/mol. The lowest BCUT2D eigenvalue weighted by Crippen LogP contribution is -2.22. The average Bonchev–Trinajstić information content (AvgIpc) is 2.61. The van der Waals surface area contributed by atoms with Crippen molar-refractivity contribution in [1.29, 1.82) is 0 Å². The zero-order valence-electron chi connectivity index (χ0n) is 10.1. The van der Waals surface area contributed by atoms with Crippen LogP contribution in [-0.4, -0.2) is 24.5 Å². The van der Waals surface area contributed by atoms with Crippen molar-refractivity contribution < 1.29 is 0 Å². The van der Waals surface area contributed by atoms with E-state index in [1.165, 1.54) is 44.5 Å². The van der Waals surface area contributed by atoms with Gasteiger partial charge in [0.25, 0.3) is 0 Å². The first kappa shape index (κ1) is 11.8. The number of nitrogens with zero attached hydrogens (tertiary/aromatic N) is 1. The summed E-state index contributed by atoms with van der Waals surface area (Å²) < 4.78 is 0. The largest absolute Gasteiger partial charge is 0.303 e. The van der Waals surface area contributed by atoms with Crippen LogP contribution in [0, 0.1) is 11.8 Å². The molecule has 1 nitrogen and oxygen atoms in total. The summed E-state index contributed by atoms with van der Waals surface area (Å²) in [4.78, 5) is 2.60. The molecule has 0 aromatic heterocycles. The standard InChI is InChI=1S/C13H25N/c1-5-6-8-14-9-7-13(10-14)12(4)11(2)3/h11,13H,4-10H2,1-3H3. The minimum Gasteiger partial charge on any atom is -0.303 e. The molecule has 1 fully saturated rings. The molecule has 0 aromatic carbocycles. The molecular weight excluding hydrogens is 170 g/mol. The van der Waals surface area contributed by atoms with Crippen LogP contribution in [0.25, 0.3) is 0 Å². The van der Waals surface area contributed by atoms with Crippen molar-refractivity contribution in [3.05, 3.63) is 12.2 Å². The van der Waals surface area contributed by atoms with E-state index < -0.39 is 0 Å². The first-order valence-electron chi connectivity index (χ1n) is 6.06. The molecule has 0 aliphatic carbocycles. The van der Waals surface area contributed by atoms with Gasteiger partial charge >= 0.3 is 0 Å². The van der Waals surface area contributed by atoms with Gasteiger partial charge in [0, 0.05) is 6.54 Å². The van der Waals surface area contributed by atoms with Crippen molar-refractivity contribution in [3.63, 3.8) is 0 Å². The molecule has 1 saturated heterocycles. The molecule has 0 N–H and O–H groups in total. The lowest BCUT2D eigenvalue weighted by Gasteiger charge is -2.18. The summed E-state index contributed by atoms with van der Waals surface area (Å²) in [6, 6.07) is 0. The van der Waals surface area contributed by atoms with Crippen molar-refractivity contribution >= 4 is 0 Å². The Morgan fingerprint density at radius 2 is 2.21 bits per heavy atom. The molecule has 14 heavy (non-hydrogen) atoms. The molecule has 1 aliphatic rings. The van der Waals surface area contributed by atoms with Gasteiger partial charge in [0.05, 0.1) is 0 Å². The van der Waals surface area contributed by atoms with E-state index in [1.54, 1.807) is 0 Å². The van der Waals surface area contributed by atoms with Gasteiger partial charge in [-0.2, -0.15) is 0 Å². The van der Waals surface area contributed by atoms with E-state index in [9.17, 15) is 0 Å². The first-order chi connectivity index (χ1) is 6.65. The quantitative estimate of drug-likeness (QED) is 0.608. The Morgan fingerprint density at radius 1 is 1.50 bits per heavy atom. The predicted octanol–water partition coefficient (Wildman–Crippen LogP) is 3.32. The lowest BCUT2D eigenvalue weighted by atomic mass is 9.91. The van der Waals surface area contributed by atoms with Crippen molar-refractivity contribution in [3.8, 4) is 0 Å². The van der Waals surface area contributed by atoms with E-state index in [1.807, 2.05) is 0 Å². The van der Waals surface area contributed by atoms with Gasteiger partial charge < -0.3 is 4.90 Å². The van der Waals surface area contributed by atoms with E-state index in [4.69, 9.17) is 0 Å². The maximum absolute atomic E-state index is 4.22. The average molecular weight is 195 g/mol. The summed E-state index contributed by atoms with van der Waals surface area (Å²) in [7, 11) is 0. The zero-order chi connectivity index (χ0) is 10.6. The van der Waals surface area contributed by atoms with Crippen molar-refractivity contribution in [2.45, 2.75) is 40.0 Å². The fourth-order valence-electron chi connectivity index (χ4n) is 2.19. The number of rotatable bonds is 5. The van der Waals surface area contributed by atoms with Gasteiger partial charge in [0.1, 0.15) is 0 Å². The number of hydrogen-bond donors (Lipinski definition) is 0. The SMILES string of the molecule is C=C(C(C)C)C1CCN(CCCC)C1. The molecule has 1 heteroatoms. The summed E-state index contributed by atoms with van der Waals surface area (Å²) in [6.07, 6.45) is 3.99. The third-order valence-electron chi connectivity index (χ3n) is 3.37.